The summed E-state index contributed by atoms with van der Waals surface area (Å²) < 4.78 is 234. The SMILES string of the molecule is C=C1NS(=O)(=O)Oc2ccc(F)cc21.CC(=O)C1=C(C)OS(=O)(=O)NC1=O.CC1=C(B(O)O)C(=O)NS(=O)(=O)O1.CC1=C(C#N)C(=O)NS(=O)(=O)O1.CC1=C(CO)OS(=O)(=O)NC1=O.CSC1=C(C)OS(=O)(=O)NC1=O.O=C1NS(=O)(=O)OC2=C1CCCC2.O=C1NS(=O)(=O)Oc2ccncc21. The minimum atomic E-state index is -4.13. The Balaban J connectivity index is 0.000000247. The molecular formula is C46H50BFN10O35S9. The zero-order chi connectivity index (χ0) is 77.8. The molecule has 7 amide bonds. The first-order valence-corrected chi connectivity index (χ1v) is 38.9. The summed E-state index contributed by atoms with van der Waals surface area (Å²) in [4.78, 5) is 91.7. The molecule has 0 fully saturated rings. The second-order valence-corrected chi connectivity index (χ2v) is 30.2. The Labute approximate surface area is 582 Å². The Hall–Kier alpha value is -9.98. The van der Waals surface area contributed by atoms with E-state index in [0.29, 0.717) is 29.7 Å². The number of aromatic nitrogens is 1. The topological polar surface area (TPSA) is 677 Å². The lowest BCUT2D eigenvalue weighted by molar-refractivity contribution is -0.122. The number of Topliss-reactive ketones (excluding diaryl/α,β-unsaturated/α-hetero) is 1. The number of ketones is 1. The van der Waals surface area contributed by atoms with Gasteiger partial charge in [0.05, 0.1) is 22.3 Å². The molecule has 0 unspecified atom stereocenters. The summed E-state index contributed by atoms with van der Waals surface area (Å²) in [5.74, 6) is -7.15. The molecule has 9 aliphatic rings. The van der Waals surface area contributed by atoms with Crippen molar-refractivity contribution in [2.24, 2.45) is 0 Å². The van der Waals surface area contributed by atoms with Crippen LogP contribution in [0.5, 0.6) is 11.5 Å². The average molecular weight is 1620 g/mol. The van der Waals surface area contributed by atoms with E-state index in [2.05, 4.69) is 45.0 Å². The molecule has 1 aromatic heterocycles. The highest BCUT2D eigenvalue weighted by atomic mass is 32.3. The van der Waals surface area contributed by atoms with E-state index in [4.69, 9.17) is 20.4 Å². The maximum atomic E-state index is 12.8. The van der Waals surface area contributed by atoms with Gasteiger partial charge >= 0.3 is 89.6 Å². The summed E-state index contributed by atoms with van der Waals surface area (Å²) in [6.07, 6.45) is 7.18. The van der Waals surface area contributed by atoms with Crippen LogP contribution in [-0.4, -0.2) is 155 Å². The van der Waals surface area contributed by atoms with Crippen LogP contribution >= 0.6 is 11.8 Å². The monoisotopic (exact) mass is 1620 g/mol. The molecule has 0 spiro atoms. The van der Waals surface area contributed by atoms with Gasteiger partial charge in [0.2, 0.25) is 0 Å². The number of amides is 7. The molecule has 0 bridgehead atoms. The number of hydrogen-bond acceptors (Lipinski definition) is 38. The third-order valence-corrected chi connectivity index (χ3v) is 19.6. The fourth-order valence-electron chi connectivity index (χ4n) is 7.58. The van der Waals surface area contributed by atoms with E-state index < -0.39 is 155 Å². The van der Waals surface area contributed by atoms with Gasteiger partial charge in [-0.2, -0.15) is 72.6 Å². The molecule has 0 saturated heterocycles. The highest BCUT2D eigenvalue weighted by Crippen LogP contribution is 2.32. The first-order chi connectivity index (χ1) is 46.7. The number of nitrogens with zero attached hydrogens (tertiary/aromatic N) is 2. The van der Waals surface area contributed by atoms with Crippen molar-refractivity contribution in [3.8, 4) is 17.6 Å². The van der Waals surface area contributed by atoms with Crippen molar-refractivity contribution >= 4 is 154 Å². The first-order valence-electron chi connectivity index (χ1n) is 26.4. The molecule has 1 aliphatic carbocycles. The lowest BCUT2D eigenvalue weighted by Crippen LogP contribution is -2.42. The predicted octanol–water partition coefficient (Wildman–Crippen LogP) is -4.63. The summed E-state index contributed by atoms with van der Waals surface area (Å²) >= 11 is 1.14. The number of hydrogen-bond donors (Lipinski definition) is 11. The van der Waals surface area contributed by atoms with Gasteiger partial charge < -0.3 is 48.6 Å². The van der Waals surface area contributed by atoms with Crippen LogP contribution < -0.4 is 46.1 Å². The number of nitriles is 1. The number of benzene rings is 1. The summed E-state index contributed by atoms with van der Waals surface area (Å²) in [6, 6.07) is 6.34. The van der Waals surface area contributed by atoms with Crippen LogP contribution in [0.3, 0.4) is 0 Å². The van der Waals surface area contributed by atoms with Gasteiger partial charge in [-0.05, 0) is 85.3 Å². The van der Waals surface area contributed by atoms with Crippen LogP contribution in [0.15, 0.2) is 110 Å². The van der Waals surface area contributed by atoms with Crippen molar-refractivity contribution < 1.29 is 159 Å². The molecule has 0 radical (unpaired) electrons. The number of aliphatic hydroxyl groups is 1. The average Bonchev–Trinajstić information content (AvgIpc) is 0.823. The Morgan fingerprint density at radius 1 is 0.569 bits per heavy atom. The highest BCUT2D eigenvalue weighted by Gasteiger charge is 2.38. The number of fused-ring (bicyclic) bond motifs is 2. The maximum Gasteiger partial charge on any atom is 0.497 e. The molecule has 0 atom stereocenters. The van der Waals surface area contributed by atoms with E-state index in [1.165, 1.54) is 67.7 Å². The number of thioether (sulfide) groups is 1. The minimum absolute atomic E-state index is 0.00116. The van der Waals surface area contributed by atoms with Crippen LogP contribution in [0.25, 0.3) is 5.70 Å². The normalized spacial score (nSPS) is 20.9. The second-order valence-electron chi connectivity index (χ2n) is 19.2. The molecule has 11 rings (SSSR count). The largest absolute Gasteiger partial charge is 0.497 e. The quantitative estimate of drug-likeness (QED) is 0.101. The molecule has 1 aromatic carbocycles. The van der Waals surface area contributed by atoms with Gasteiger partial charge in [-0.3, -0.25) is 48.1 Å². The molecule has 0 saturated carbocycles. The van der Waals surface area contributed by atoms with Gasteiger partial charge in [0.15, 0.2) is 28.6 Å². The van der Waals surface area contributed by atoms with Crippen molar-refractivity contribution in [3.05, 3.63) is 127 Å². The van der Waals surface area contributed by atoms with Crippen molar-refractivity contribution in [3.63, 3.8) is 0 Å². The van der Waals surface area contributed by atoms with Gasteiger partial charge in [-0.1, -0.05) is 6.58 Å². The summed E-state index contributed by atoms with van der Waals surface area (Å²) in [5, 5.41) is 34.2. The standard InChI is InChI=1S/C8H6FNO3S.C7H9NO4S.C6H4N2O4S.C6H7NO5S.C5H4N2O4S.C5H7NO5S.C5H7NO4S2.C4H6BNO6S/c1-5-7-4-6(9)2-3-8(7)13-14(11,12)10-5;9-7-5-3-1-2-4-6(5)12-13(10,11)8-7;9-6-4-3-7-2-1-5(4)12-13(10,11)8-6;1-3(8)5-4(2)12-13(10,11)7-6(5)9;1-3-4(2-6)5(8)7-12(9,10)11-3;1-3-4(2-7)11-12(9,10)6-5(3)8;1-3-4(11-2)5(7)6-12(8,9)10-3;1-2-3(5(8)9)4(7)6-13(10,11)12-2/h2-4,10H,1H2;1-4H2,(H,8,9);1-3H,(H,8,9);1-2H3,(H,7,9);1H3,(H,7,8);7H,2H2,1H3,(H,6,8);1-2H3,(H,6,7);8-9H,1H3,(H,6,7). The van der Waals surface area contributed by atoms with E-state index in [-0.39, 0.29) is 73.2 Å². The number of nitrogens with one attached hydrogen (secondary N) is 8. The minimum Gasteiger partial charge on any atom is -0.423 e. The molecule has 45 nitrogen and oxygen atoms in total. The van der Waals surface area contributed by atoms with Crippen molar-refractivity contribution in [2.45, 2.75) is 67.2 Å². The Morgan fingerprint density at radius 2 is 1.02 bits per heavy atom. The summed E-state index contributed by atoms with van der Waals surface area (Å²) in [7, 11) is -33.9. The van der Waals surface area contributed by atoms with Crippen LogP contribution in [0, 0.1) is 17.1 Å². The van der Waals surface area contributed by atoms with E-state index >= 15 is 0 Å². The number of allylic oxidation sites excluding steroid dienone is 5. The lowest BCUT2D eigenvalue weighted by Gasteiger charge is -2.23. The van der Waals surface area contributed by atoms with Gasteiger partial charge in [0.25, 0.3) is 41.4 Å². The molecule has 8 aliphatic heterocycles. The molecular weight excluding hydrogens is 1570 g/mol. The lowest BCUT2D eigenvalue weighted by atomic mass is 9.78. The zero-order valence-electron chi connectivity index (χ0n) is 52.1. The molecule has 2 aromatic rings. The molecule has 11 N–H and O–H groups in total. The zero-order valence-corrected chi connectivity index (χ0v) is 59.5. The number of carbonyl (C=O) groups is 8. The number of aliphatic hydroxyl groups excluding tert-OH is 1. The maximum absolute atomic E-state index is 12.8. The van der Waals surface area contributed by atoms with Gasteiger partial charge in [-0.15, -0.1) is 11.8 Å². The van der Waals surface area contributed by atoms with Crippen LogP contribution in [0.2, 0.25) is 0 Å². The molecule has 56 heteroatoms. The summed E-state index contributed by atoms with van der Waals surface area (Å²) in [6.45, 7) is 10.4. The second kappa shape index (κ2) is 33.2. The van der Waals surface area contributed by atoms with Crippen LogP contribution in [0.1, 0.15) is 83.1 Å². The van der Waals surface area contributed by atoms with E-state index in [1.807, 2.05) is 9.44 Å². The smallest absolute Gasteiger partial charge is 0.423 e. The van der Waals surface area contributed by atoms with E-state index in [1.54, 1.807) is 25.1 Å². The highest BCUT2D eigenvalue weighted by molar-refractivity contribution is 8.03. The third-order valence-electron chi connectivity index (χ3n) is 11.7. The van der Waals surface area contributed by atoms with Gasteiger partial charge in [0.1, 0.15) is 63.3 Å². The predicted molar refractivity (Wildman–Crippen MR) is 334 cm³/mol. The fourth-order valence-corrected chi connectivity index (χ4v) is 14.7. The van der Waals surface area contributed by atoms with Gasteiger partial charge in [0, 0.05) is 30.4 Å². The third kappa shape index (κ3) is 24.4. The van der Waals surface area contributed by atoms with Crippen molar-refractivity contribution in [2.75, 3.05) is 12.9 Å². The Kier molecular flexibility index (Phi) is 27.5. The Bertz CT molecular complexity index is 5100. The van der Waals surface area contributed by atoms with E-state index in [0.717, 1.165) is 50.6 Å². The Morgan fingerprint density at radius 3 is 1.53 bits per heavy atom. The van der Waals surface area contributed by atoms with Crippen LogP contribution in [-0.2, 0) is 141 Å². The fraction of sp³-hybridized carbons (Fsp3) is 0.261. The molecule has 558 valence electrons. The first kappa shape index (κ1) is 84.4. The number of carbonyl (C=O) groups excluding carboxylic acids is 8. The number of halogens is 1. The van der Waals surface area contributed by atoms with Crippen molar-refractivity contribution in [1.82, 2.24) is 42.8 Å². The molecule has 9 heterocycles. The number of pyridine rings is 1. The van der Waals surface area contributed by atoms with E-state index in [9.17, 15) is 110 Å². The van der Waals surface area contributed by atoms with Crippen molar-refractivity contribution in [1.29, 1.82) is 5.26 Å². The number of rotatable bonds is 4. The van der Waals surface area contributed by atoms with Crippen LogP contribution in [0.4, 0.5) is 4.39 Å². The van der Waals surface area contributed by atoms with Gasteiger partial charge in [-0.25, -0.2) is 37.4 Å². The summed E-state index contributed by atoms with van der Waals surface area (Å²) in [5.41, 5.74) is -0.0502. The molecule has 102 heavy (non-hydrogen) atoms.